The van der Waals surface area contributed by atoms with Crippen LogP contribution in [0.1, 0.15) is 30.4 Å². The van der Waals surface area contributed by atoms with Crippen LogP contribution in [-0.2, 0) is 16.0 Å². The van der Waals surface area contributed by atoms with E-state index in [-0.39, 0.29) is 5.97 Å². The number of unbranched alkanes of at least 4 members (excludes halogenated alkanes) is 1. The van der Waals surface area contributed by atoms with Gasteiger partial charge in [-0.1, -0.05) is 54.6 Å². The zero-order valence-corrected chi connectivity index (χ0v) is 20.9. The quantitative estimate of drug-likeness (QED) is 0.133. The van der Waals surface area contributed by atoms with Crippen LogP contribution < -0.4 is 9.64 Å². The molecule has 0 N–H and O–H groups in total. The molecule has 0 aliphatic heterocycles. The third-order valence-electron chi connectivity index (χ3n) is 5.98. The highest BCUT2D eigenvalue weighted by molar-refractivity contribution is 5.93. The van der Waals surface area contributed by atoms with Crippen LogP contribution in [0.3, 0.4) is 0 Å². The number of esters is 1. The summed E-state index contributed by atoms with van der Waals surface area (Å²) in [6, 6.07) is 26.4. The first-order chi connectivity index (χ1) is 17.6. The van der Waals surface area contributed by atoms with Crippen LogP contribution in [0, 0.1) is 0 Å². The standard InChI is InChI=1S/C30H32N2O4/c1-32(30-31-27-14-8-9-15-28(27)36-30)20-21-35-26-18-16-24(17-19-26)22-25(29(33)34-2)13-7-6-12-23-10-4-3-5-11-23/h3-5,8-11,14-19,22H,6-7,12-13,20-21H2,1-2H3. The van der Waals surface area contributed by atoms with Crippen molar-refractivity contribution in [3.8, 4) is 5.75 Å². The largest absolute Gasteiger partial charge is 0.492 e. The molecule has 6 heteroatoms. The highest BCUT2D eigenvalue weighted by atomic mass is 16.5. The topological polar surface area (TPSA) is 64.8 Å². The maximum Gasteiger partial charge on any atom is 0.333 e. The molecule has 4 rings (SSSR count). The Kier molecular flexibility index (Phi) is 8.76. The molecule has 1 aromatic heterocycles. The molecule has 0 unspecified atom stereocenters. The molecule has 0 atom stereocenters. The molecule has 186 valence electrons. The Morgan fingerprint density at radius 3 is 2.47 bits per heavy atom. The Balaban J connectivity index is 1.27. The van der Waals surface area contributed by atoms with E-state index in [0.29, 0.717) is 31.2 Å². The molecule has 0 amide bonds. The lowest BCUT2D eigenvalue weighted by molar-refractivity contribution is -0.136. The summed E-state index contributed by atoms with van der Waals surface area (Å²) in [5.74, 6) is 0.484. The number of nitrogens with zero attached hydrogens (tertiary/aromatic N) is 2. The Morgan fingerprint density at radius 2 is 1.72 bits per heavy atom. The maximum atomic E-state index is 12.3. The van der Waals surface area contributed by atoms with Crippen LogP contribution in [0.15, 0.2) is 88.9 Å². The van der Waals surface area contributed by atoms with Crippen molar-refractivity contribution in [3.63, 3.8) is 0 Å². The average molecular weight is 485 g/mol. The second kappa shape index (κ2) is 12.6. The molecule has 4 aromatic rings. The van der Waals surface area contributed by atoms with Crippen molar-refractivity contribution in [1.82, 2.24) is 4.98 Å². The second-order valence-corrected chi connectivity index (χ2v) is 8.66. The van der Waals surface area contributed by atoms with E-state index in [4.69, 9.17) is 13.9 Å². The minimum atomic E-state index is -0.280. The van der Waals surface area contributed by atoms with E-state index >= 15 is 0 Å². The van der Waals surface area contributed by atoms with Crippen LogP contribution in [0.25, 0.3) is 17.2 Å². The first-order valence-corrected chi connectivity index (χ1v) is 12.2. The molecular formula is C30H32N2O4. The van der Waals surface area contributed by atoms with E-state index in [2.05, 4.69) is 29.2 Å². The van der Waals surface area contributed by atoms with Crippen molar-refractivity contribution in [2.24, 2.45) is 0 Å². The van der Waals surface area contributed by atoms with Gasteiger partial charge >= 0.3 is 5.97 Å². The van der Waals surface area contributed by atoms with Gasteiger partial charge < -0.3 is 18.8 Å². The summed E-state index contributed by atoms with van der Waals surface area (Å²) in [6.07, 6.45) is 5.52. The summed E-state index contributed by atoms with van der Waals surface area (Å²) in [4.78, 5) is 18.7. The lowest BCUT2D eigenvalue weighted by Gasteiger charge is -2.15. The summed E-state index contributed by atoms with van der Waals surface area (Å²) in [5, 5.41) is 0. The number of rotatable bonds is 12. The van der Waals surface area contributed by atoms with Gasteiger partial charge in [0.05, 0.1) is 13.7 Å². The van der Waals surface area contributed by atoms with Crippen molar-refractivity contribution in [2.45, 2.75) is 25.7 Å². The molecule has 0 fully saturated rings. The smallest absolute Gasteiger partial charge is 0.333 e. The van der Waals surface area contributed by atoms with Crippen LogP contribution in [0.5, 0.6) is 5.75 Å². The molecule has 3 aromatic carbocycles. The van der Waals surface area contributed by atoms with Gasteiger partial charge in [-0.2, -0.15) is 4.98 Å². The van der Waals surface area contributed by atoms with Crippen molar-refractivity contribution >= 4 is 29.2 Å². The number of oxazole rings is 1. The number of hydrogen-bond donors (Lipinski definition) is 0. The molecule has 0 saturated carbocycles. The molecule has 0 aliphatic rings. The van der Waals surface area contributed by atoms with E-state index in [1.807, 2.05) is 72.6 Å². The number of aryl methyl sites for hydroxylation is 1. The third kappa shape index (κ3) is 6.98. The van der Waals surface area contributed by atoms with Gasteiger partial charge in [0, 0.05) is 12.6 Å². The number of likely N-dealkylation sites (N-methyl/N-ethyl adjacent to an activating group) is 1. The van der Waals surface area contributed by atoms with E-state index in [0.717, 1.165) is 41.7 Å². The van der Waals surface area contributed by atoms with Gasteiger partial charge in [-0.05, 0) is 67.2 Å². The summed E-state index contributed by atoms with van der Waals surface area (Å²) in [5.41, 5.74) is 4.54. The van der Waals surface area contributed by atoms with Gasteiger partial charge in [0.1, 0.15) is 17.9 Å². The monoisotopic (exact) mass is 484 g/mol. The molecule has 0 bridgehead atoms. The van der Waals surface area contributed by atoms with Gasteiger partial charge in [-0.15, -0.1) is 0 Å². The van der Waals surface area contributed by atoms with E-state index in [9.17, 15) is 4.79 Å². The number of benzene rings is 3. The Morgan fingerprint density at radius 1 is 0.972 bits per heavy atom. The molecule has 1 heterocycles. The van der Waals surface area contributed by atoms with Crippen molar-refractivity contribution < 1.29 is 18.7 Å². The summed E-state index contributed by atoms with van der Waals surface area (Å²) < 4.78 is 16.7. The lowest BCUT2D eigenvalue weighted by atomic mass is 10.0. The Hall–Kier alpha value is -4.06. The molecule has 0 radical (unpaired) electrons. The van der Waals surface area contributed by atoms with Crippen molar-refractivity contribution in [2.75, 3.05) is 32.2 Å². The molecular weight excluding hydrogens is 452 g/mol. The summed E-state index contributed by atoms with van der Waals surface area (Å²) in [7, 11) is 3.35. The first-order valence-electron chi connectivity index (χ1n) is 12.2. The van der Waals surface area contributed by atoms with Crippen LogP contribution in [0.4, 0.5) is 6.01 Å². The second-order valence-electron chi connectivity index (χ2n) is 8.66. The van der Waals surface area contributed by atoms with E-state index in [1.54, 1.807) is 0 Å². The minimum Gasteiger partial charge on any atom is -0.492 e. The van der Waals surface area contributed by atoms with Gasteiger partial charge in [0.2, 0.25) is 0 Å². The van der Waals surface area contributed by atoms with Gasteiger partial charge in [0.15, 0.2) is 5.58 Å². The normalized spacial score (nSPS) is 11.4. The number of hydrogen-bond acceptors (Lipinski definition) is 6. The molecule has 36 heavy (non-hydrogen) atoms. The number of anilines is 1. The van der Waals surface area contributed by atoms with E-state index in [1.165, 1.54) is 12.7 Å². The third-order valence-corrected chi connectivity index (χ3v) is 5.98. The number of carbonyl (C=O) groups excluding carboxylic acids is 1. The highest BCUT2D eigenvalue weighted by Gasteiger charge is 2.11. The van der Waals surface area contributed by atoms with Gasteiger partial charge in [0.25, 0.3) is 6.01 Å². The van der Waals surface area contributed by atoms with Gasteiger partial charge in [-0.3, -0.25) is 0 Å². The molecule has 0 spiro atoms. The first kappa shape index (κ1) is 25.0. The zero-order chi connectivity index (χ0) is 25.2. The fraction of sp³-hybridized carbons (Fsp3) is 0.267. The zero-order valence-electron chi connectivity index (χ0n) is 20.9. The minimum absolute atomic E-state index is 0.280. The number of fused-ring (bicyclic) bond motifs is 1. The SMILES string of the molecule is COC(=O)C(=Cc1ccc(OCCN(C)c2nc3ccccc3o2)cc1)CCCCc1ccccc1. The van der Waals surface area contributed by atoms with Crippen LogP contribution >= 0.6 is 0 Å². The fourth-order valence-corrected chi connectivity index (χ4v) is 3.93. The number of para-hydroxylation sites is 2. The maximum absolute atomic E-state index is 12.3. The fourth-order valence-electron chi connectivity index (χ4n) is 3.93. The van der Waals surface area contributed by atoms with Crippen molar-refractivity contribution in [1.29, 1.82) is 0 Å². The van der Waals surface area contributed by atoms with Crippen LogP contribution in [0.2, 0.25) is 0 Å². The highest BCUT2D eigenvalue weighted by Crippen LogP contribution is 2.21. The number of carbonyl (C=O) groups is 1. The predicted molar refractivity (Wildman–Crippen MR) is 143 cm³/mol. The molecule has 6 nitrogen and oxygen atoms in total. The molecule has 0 aliphatic carbocycles. The number of methoxy groups -OCH3 is 1. The van der Waals surface area contributed by atoms with Crippen molar-refractivity contribution in [3.05, 3.63) is 95.6 Å². The number of aromatic nitrogens is 1. The number of ether oxygens (including phenoxy) is 2. The predicted octanol–water partition coefficient (Wildman–Crippen LogP) is 6.31. The summed E-state index contributed by atoms with van der Waals surface area (Å²) >= 11 is 0. The van der Waals surface area contributed by atoms with Gasteiger partial charge in [-0.25, -0.2) is 4.79 Å². The Bertz CT molecular complexity index is 1250. The van der Waals surface area contributed by atoms with Crippen LogP contribution in [-0.4, -0.2) is 38.3 Å². The average Bonchev–Trinajstić information content (AvgIpc) is 3.36. The summed E-state index contributed by atoms with van der Waals surface area (Å²) in [6.45, 7) is 1.11. The Labute approximate surface area is 212 Å². The molecule has 0 saturated heterocycles. The lowest BCUT2D eigenvalue weighted by Crippen LogP contribution is -2.23. The van der Waals surface area contributed by atoms with E-state index < -0.39 is 0 Å².